The molecular weight excluding hydrogens is 302 g/mol. The van der Waals surface area contributed by atoms with Crippen molar-refractivity contribution in [2.24, 2.45) is 0 Å². The van der Waals surface area contributed by atoms with Gasteiger partial charge in [-0.05, 0) is 31.4 Å². The van der Waals surface area contributed by atoms with Gasteiger partial charge in [0.1, 0.15) is 5.69 Å². The van der Waals surface area contributed by atoms with Gasteiger partial charge in [0.25, 0.3) is 5.91 Å². The van der Waals surface area contributed by atoms with E-state index in [1.807, 2.05) is 39.9 Å². The van der Waals surface area contributed by atoms with Gasteiger partial charge in [-0.2, -0.15) is 0 Å². The number of carbonyl (C=O) groups excluding carboxylic acids is 1. The molecule has 24 heavy (non-hydrogen) atoms. The molecule has 6 heteroatoms. The third kappa shape index (κ3) is 2.29. The summed E-state index contributed by atoms with van der Waals surface area (Å²) < 4.78 is 1.95. The minimum Gasteiger partial charge on any atom is -0.351 e. The van der Waals surface area contributed by atoms with E-state index in [4.69, 9.17) is 0 Å². The van der Waals surface area contributed by atoms with Crippen LogP contribution < -0.4 is 0 Å². The zero-order valence-corrected chi connectivity index (χ0v) is 13.4. The number of hydrogen-bond acceptors (Lipinski definition) is 3. The summed E-state index contributed by atoms with van der Waals surface area (Å²) in [7, 11) is 0. The number of fused-ring (bicyclic) bond motifs is 1. The van der Waals surface area contributed by atoms with Gasteiger partial charge in [0, 0.05) is 36.1 Å². The predicted octanol–water partition coefficient (Wildman–Crippen LogP) is 2.72. The summed E-state index contributed by atoms with van der Waals surface area (Å²) in [6.07, 6.45) is 5.46. The monoisotopic (exact) mass is 321 g/mol. The molecule has 1 aromatic carbocycles. The van der Waals surface area contributed by atoms with Gasteiger partial charge in [-0.1, -0.05) is 23.4 Å². The molecule has 5 rings (SSSR count). The molecule has 1 N–H and O–H groups in total. The van der Waals surface area contributed by atoms with Crippen LogP contribution in [0.5, 0.6) is 0 Å². The van der Waals surface area contributed by atoms with Crippen molar-refractivity contribution >= 4 is 16.8 Å². The standard InChI is InChI=1S/C18H19N5O/c24-18(16-9-13-3-1-2-4-15(13)19-16)22-8-7-14(10-22)23-11-17(20-21-23)12-5-6-12/h1-4,9,11-12,14,19H,5-8,10H2/t14-/m0/s1. The number of H-pyrrole nitrogens is 1. The molecule has 2 aromatic heterocycles. The summed E-state index contributed by atoms with van der Waals surface area (Å²) in [5, 5.41) is 9.64. The Kier molecular flexibility index (Phi) is 2.98. The molecule has 1 saturated heterocycles. The average molecular weight is 321 g/mol. The van der Waals surface area contributed by atoms with Crippen molar-refractivity contribution in [3.05, 3.63) is 47.9 Å². The second kappa shape index (κ2) is 5.19. The fraction of sp³-hybridized carbons (Fsp3) is 0.389. The Bertz CT molecular complexity index is 874. The first-order valence-electron chi connectivity index (χ1n) is 8.57. The number of nitrogens with zero attached hydrogens (tertiary/aromatic N) is 4. The van der Waals surface area contributed by atoms with Crippen LogP contribution in [0.3, 0.4) is 0 Å². The second-order valence-electron chi connectivity index (χ2n) is 6.86. The third-order valence-electron chi connectivity index (χ3n) is 5.11. The van der Waals surface area contributed by atoms with Crippen LogP contribution in [-0.2, 0) is 0 Å². The van der Waals surface area contributed by atoms with E-state index < -0.39 is 0 Å². The Morgan fingerprint density at radius 3 is 2.92 bits per heavy atom. The van der Waals surface area contributed by atoms with E-state index in [9.17, 15) is 4.79 Å². The Balaban J connectivity index is 1.33. The smallest absolute Gasteiger partial charge is 0.270 e. The number of para-hydroxylation sites is 1. The van der Waals surface area contributed by atoms with Crippen LogP contribution in [-0.4, -0.2) is 43.9 Å². The van der Waals surface area contributed by atoms with Gasteiger partial charge >= 0.3 is 0 Å². The van der Waals surface area contributed by atoms with Crippen LogP contribution >= 0.6 is 0 Å². The summed E-state index contributed by atoms with van der Waals surface area (Å²) in [6, 6.07) is 10.1. The molecule has 1 aliphatic heterocycles. The van der Waals surface area contributed by atoms with Gasteiger partial charge in [0.05, 0.1) is 11.7 Å². The minimum atomic E-state index is 0.0660. The number of aromatic amines is 1. The van der Waals surface area contributed by atoms with E-state index in [-0.39, 0.29) is 11.9 Å². The van der Waals surface area contributed by atoms with E-state index in [1.165, 1.54) is 12.8 Å². The average Bonchev–Trinajstić information content (AvgIpc) is 3.07. The summed E-state index contributed by atoms with van der Waals surface area (Å²) in [5.41, 5.74) is 2.77. The van der Waals surface area contributed by atoms with Gasteiger partial charge < -0.3 is 9.88 Å². The highest BCUT2D eigenvalue weighted by molar-refractivity contribution is 5.98. The highest BCUT2D eigenvalue weighted by Crippen LogP contribution is 2.39. The second-order valence-corrected chi connectivity index (χ2v) is 6.86. The van der Waals surface area contributed by atoms with Crippen molar-refractivity contribution < 1.29 is 4.79 Å². The molecule has 0 radical (unpaired) electrons. The van der Waals surface area contributed by atoms with E-state index in [0.717, 1.165) is 29.6 Å². The van der Waals surface area contributed by atoms with Crippen molar-refractivity contribution in [1.29, 1.82) is 0 Å². The third-order valence-corrected chi connectivity index (χ3v) is 5.11. The van der Waals surface area contributed by atoms with Crippen LogP contribution in [0.25, 0.3) is 10.9 Å². The molecule has 0 unspecified atom stereocenters. The van der Waals surface area contributed by atoms with E-state index in [2.05, 4.69) is 21.5 Å². The number of rotatable bonds is 3. The first-order chi connectivity index (χ1) is 11.8. The van der Waals surface area contributed by atoms with Crippen LogP contribution in [0.4, 0.5) is 0 Å². The Labute approximate surface area is 139 Å². The lowest BCUT2D eigenvalue weighted by Gasteiger charge is -2.15. The topological polar surface area (TPSA) is 66.8 Å². The highest BCUT2D eigenvalue weighted by atomic mass is 16.2. The van der Waals surface area contributed by atoms with E-state index >= 15 is 0 Å². The molecule has 1 atom stereocenters. The fourth-order valence-corrected chi connectivity index (χ4v) is 3.54. The number of likely N-dealkylation sites (tertiary alicyclic amines) is 1. The summed E-state index contributed by atoms with van der Waals surface area (Å²) in [5.74, 6) is 0.681. The molecule has 6 nitrogen and oxygen atoms in total. The minimum absolute atomic E-state index is 0.0660. The van der Waals surface area contributed by atoms with E-state index in [1.54, 1.807) is 0 Å². The van der Waals surface area contributed by atoms with Crippen LogP contribution in [0.2, 0.25) is 0 Å². The molecule has 0 bridgehead atoms. The van der Waals surface area contributed by atoms with Gasteiger partial charge in [0.2, 0.25) is 0 Å². The molecule has 2 aliphatic rings. The number of amides is 1. The van der Waals surface area contributed by atoms with E-state index in [0.29, 0.717) is 18.2 Å². The molecule has 3 heterocycles. The first kappa shape index (κ1) is 13.8. The van der Waals surface area contributed by atoms with Crippen molar-refractivity contribution in [3.8, 4) is 0 Å². The van der Waals surface area contributed by atoms with Gasteiger partial charge in [0.15, 0.2) is 0 Å². The lowest BCUT2D eigenvalue weighted by Crippen LogP contribution is -2.29. The molecule has 1 saturated carbocycles. The predicted molar refractivity (Wildman–Crippen MR) is 89.9 cm³/mol. The van der Waals surface area contributed by atoms with Crippen molar-refractivity contribution in [2.45, 2.75) is 31.2 Å². The van der Waals surface area contributed by atoms with Crippen LogP contribution in [0.15, 0.2) is 36.5 Å². The first-order valence-corrected chi connectivity index (χ1v) is 8.57. The number of nitrogens with one attached hydrogen (secondary N) is 1. The quantitative estimate of drug-likeness (QED) is 0.806. The zero-order valence-electron chi connectivity index (χ0n) is 13.4. The molecule has 122 valence electrons. The Hall–Kier alpha value is -2.63. The Morgan fingerprint density at radius 1 is 1.21 bits per heavy atom. The molecule has 0 spiro atoms. The lowest BCUT2D eigenvalue weighted by molar-refractivity contribution is 0.0782. The molecule has 1 aliphatic carbocycles. The summed E-state index contributed by atoms with van der Waals surface area (Å²) >= 11 is 0. The van der Waals surface area contributed by atoms with Gasteiger partial charge in [-0.15, -0.1) is 5.10 Å². The maximum absolute atomic E-state index is 12.8. The largest absolute Gasteiger partial charge is 0.351 e. The maximum Gasteiger partial charge on any atom is 0.270 e. The SMILES string of the molecule is O=C(c1cc2ccccc2[nH]1)N1CC[C@H](n2cc(C3CC3)nn2)C1. The number of carbonyl (C=O) groups is 1. The zero-order chi connectivity index (χ0) is 16.1. The molecule has 2 fully saturated rings. The number of aromatic nitrogens is 4. The fourth-order valence-electron chi connectivity index (χ4n) is 3.54. The molecule has 1 amide bonds. The van der Waals surface area contributed by atoms with Crippen molar-refractivity contribution in [3.63, 3.8) is 0 Å². The maximum atomic E-state index is 12.8. The molecule has 3 aromatic rings. The molecular formula is C18H19N5O. The summed E-state index contributed by atoms with van der Waals surface area (Å²) in [4.78, 5) is 17.9. The highest BCUT2D eigenvalue weighted by Gasteiger charge is 2.31. The lowest BCUT2D eigenvalue weighted by atomic mass is 10.2. The normalized spacial score (nSPS) is 20.8. The number of hydrogen-bond donors (Lipinski definition) is 1. The van der Waals surface area contributed by atoms with Gasteiger partial charge in [-0.25, -0.2) is 4.68 Å². The van der Waals surface area contributed by atoms with Crippen molar-refractivity contribution in [1.82, 2.24) is 24.9 Å². The van der Waals surface area contributed by atoms with Crippen LogP contribution in [0, 0.1) is 0 Å². The van der Waals surface area contributed by atoms with Crippen LogP contribution in [0.1, 0.15) is 47.4 Å². The van der Waals surface area contributed by atoms with Crippen molar-refractivity contribution in [2.75, 3.05) is 13.1 Å². The summed E-state index contributed by atoms with van der Waals surface area (Å²) in [6.45, 7) is 1.46. The Morgan fingerprint density at radius 2 is 2.08 bits per heavy atom. The van der Waals surface area contributed by atoms with Gasteiger partial charge in [-0.3, -0.25) is 4.79 Å². The number of benzene rings is 1.